The van der Waals surface area contributed by atoms with E-state index in [1.807, 2.05) is 6.92 Å². The number of hydrogen-bond donors (Lipinski definition) is 2. The Kier molecular flexibility index (Phi) is 4.82. The number of nitrogens with zero attached hydrogens (tertiary/aromatic N) is 3. The van der Waals surface area contributed by atoms with Crippen LogP contribution in [0.5, 0.6) is 0 Å². The number of piperidine rings is 1. The number of aryl methyl sites for hydroxylation is 2. The third kappa shape index (κ3) is 3.53. The van der Waals surface area contributed by atoms with Crippen molar-refractivity contribution < 1.29 is 4.92 Å². The molecule has 2 heterocycles. The van der Waals surface area contributed by atoms with Crippen molar-refractivity contribution >= 4 is 11.5 Å². The van der Waals surface area contributed by atoms with E-state index in [2.05, 4.69) is 22.7 Å². The molecule has 1 aromatic heterocycles. The smallest absolute Gasteiger partial charge is 0.333 e. The zero-order valence-electron chi connectivity index (χ0n) is 13.1. The Morgan fingerprint density at radius 2 is 2.33 bits per heavy atom. The molecule has 0 radical (unpaired) electrons. The van der Waals surface area contributed by atoms with Crippen LogP contribution in [0.1, 0.15) is 38.8 Å². The van der Waals surface area contributed by atoms with Gasteiger partial charge in [0.05, 0.1) is 4.92 Å². The molecule has 1 fully saturated rings. The van der Waals surface area contributed by atoms with Crippen LogP contribution in [0.4, 0.5) is 11.5 Å². The number of nitrogens with one attached hydrogen (secondary N) is 2. The Morgan fingerprint density at radius 3 is 2.90 bits per heavy atom. The summed E-state index contributed by atoms with van der Waals surface area (Å²) in [6, 6.07) is 0. The van der Waals surface area contributed by atoms with E-state index in [0.717, 1.165) is 32.4 Å². The van der Waals surface area contributed by atoms with E-state index >= 15 is 0 Å². The molecule has 0 amide bonds. The predicted molar refractivity (Wildman–Crippen MR) is 82.6 cm³/mol. The SMILES string of the molecule is CCCc1nn(C)c(NCC2(C)CCCNC2)c1[N+](=O)[O-]. The van der Waals surface area contributed by atoms with Gasteiger partial charge in [0.1, 0.15) is 5.69 Å². The highest BCUT2D eigenvalue weighted by Gasteiger charge is 2.30. The van der Waals surface area contributed by atoms with Crippen LogP contribution in [-0.2, 0) is 13.5 Å². The molecule has 0 saturated carbocycles. The topological polar surface area (TPSA) is 85.0 Å². The van der Waals surface area contributed by atoms with Gasteiger partial charge in [-0.1, -0.05) is 20.3 Å². The van der Waals surface area contributed by atoms with Gasteiger partial charge in [0, 0.05) is 20.1 Å². The van der Waals surface area contributed by atoms with Gasteiger partial charge in [-0.15, -0.1) is 0 Å². The lowest BCUT2D eigenvalue weighted by Crippen LogP contribution is -2.42. The van der Waals surface area contributed by atoms with Gasteiger partial charge in [-0.2, -0.15) is 5.10 Å². The van der Waals surface area contributed by atoms with Crippen molar-refractivity contribution in [2.45, 2.75) is 39.5 Å². The van der Waals surface area contributed by atoms with E-state index in [4.69, 9.17) is 0 Å². The first kappa shape index (κ1) is 15.8. The molecular formula is C14H25N5O2. The van der Waals surface area contributed by atoms with Crippen LogP contribution in [0, 0.1) is 15.5 Å². The van der Waals surface area contributed by atoms with Gasteiger partial charge in [-0.05, 0) is 31.2 Å². The van der Waals surface area contributed by atoms with Gasteiger partial charge in [0.15, 0.2) is 0 Å². The van der Waals surface area contributed by atoms with Crippen LogP contribution in [0.15, 0.2) is 0 Å². The first-order valence-corrected chi connectivity index (χ1v) is 7.62. The monoisotopic (exact) mass is 295 g/mol. The maximum atomic E-state index is 11.4. The quantitative estimate of drug-likeness (QED) is 0.620. The maximum Gasteiger partial charge on any atom is 0.333 e. The molecule has 0 bridgehead atoms. The lowest BCUT2D eigenvalue weighted by molar-refractivity contribution is -0.384. The Balaban J connectivity index is 2.17. The number of nitro groups is 1. The van der Waals surface area contributed by atoms with Gasteiger partial charge >= 0.3 is 5.69 Å². The highest BCUT2D eigenvalue weighted by molar-refractivity contribution is 5.60. The van der Waals surface area contributed by atoms with Gasteiger partial charge in [0.2, 0.25) is 5.82 Å². The van der Waals surface area contributed by atoms with E-state index in [-0.39, 0.29) is 16.0 Å². The molecule has 2 rings (SSSR count). The highest BCUT2D eigenvalue weighted by Crippen LogP contribution is 2.31. The molecule has 1 atom stereocenters. The Bertz CT molecular complexity index is 506. The first-order valence-electron chi connectivity index (χ1n) is 7.62. The lowest BCUT2D eigenvalue weighted by Gasteiger charge is -2.34. The number of aromatic nitrogens is 2. The summed E-state index contributed by atoms with van der Waals surface area (Å²) in [5, 5.41) is 22.3. The first-order chi connectivity index (χ1) is 9.97. The van der Waals surface area contributed by atoms with E-state index in [1.165, 1.54) is 0 Å². The van der Waals surface area contributed by atoms with E-state index in [0.29, 0.717) is 24.5 Å². The van der Waals surface area contributed by atoms with Gasteiger partial charge in [-0.25, -0.2) is 4.68 Å². The van der Waals surface area contributed by atoms with Crippen molar-refractivity contribution in [1.29, 1.82) is 0 Å². The fourth-order valence-corrected chi connectivity index (χ4v) is 2.93. The van der Waals surface area contributed by atoms with Crippen molar-refractivity contribution in [3.05, 3.63) is 15.8 Å². The van der Waals surface area contributed by atoms with Crippen LogP contribution in [0.25, 0.3) is 0 Å². The molecule has 0 spiro atoms. The minimum Gasteiger partial charge on any atom is -0.364 e. The van der Waals surface area contributed by atoms with Crippen LogP contribution >= 0.6 is 0 Å². The predicted octanol–water partition coefficient (Wildman–Crippen LogP) is 2.08. The molecule has 21 heavy (non-hydrogen) atoms. The Morgan fingerprint density at radius 1 is 1.57 bits per heavy atom. The molecule has 0 aromatic carbocycles. The summed E-state index contributed by atoms with van der Waals surface area (Å²) in [6.45, 7) is 6.92. The molecule has 1 saturated heterocycles. The molecular weight excluding hydrogens is 270 g/mol. The van der Waals surface area contributed by atoms with Crippen LogP contribution in [0.3, 0.4) is 0 Å². The fraction of sp³-hybridized carbons (Fsp3) is 0.786. The number of rotatable bonds is 6. The van der Waals surface area contributed by atoms with E-state index in [9.17, 15) is 10.1 Å². The molecule has 1 unspecified atom stereocenters. The lowest BCUT2D eigenvalue weighted by atomic mass is 9.83. The minimum atomic E-state index is -0.318. The molecule has 7 nitrogen and oxygen atoms in total. The molecule has 0 aliphatic carbocycles. The maximum absolute atomic E-state index is 11.4. The molecule has 1 aromatic rings. The summed E-state index contributed by atoms with van der Waals surface area (Å²) in [4.78, 5) is 11.0. The number of anilines is 1. The average molecular weight is 295 g/mol. The van der Waals surface area contributed by atoms with Crippen molar-refractivity contribution in [2.24, 2.45) is 12.5 Å². The third-order valence-corrected chi connectivity index (χ3v) is 4.13. The fourth-order valence-electron chi connectivity index (χ4n) is 2.93. The average Bonchev–Trinajstić information content (AvgIpc) is 2.74. The Labute approximate surface area is 125 Å². The minimum absolute atomic E-state index is 0.126. The van der Waals surface area contributed by atoms with Crippen molar-refractivity contribution in [3.63, 3.8) is 0 Å². The summed E-state index contributed by atoms with van der Waals surface area (Å²) in [6.07, 6.45) is 3.75. The summed E-state index contributed by atoms with van der Waals surface area (Å²) >= 11 is 0. The van der Waals surface area contributed by atoms with Crippen molar-refractivity contribution in [2.75, 3.05) is 25.0 Å². The zero-order valence-corrected chi connectivity index (χ0v) is 13.1. The van der Waals surface area contributed by atoms with Gasteiger partial charge in [-0.3, -0.25) is 10.1 Å². The van der Waals surface area contributed by atoms with E-state index < -0.39 is 0 Å². The second kappa shape index (κ2) is 6.43. The van der Waals surface area contributed by atoms with Crippen molar-refractivity contribution in [3.8, 4) is 0 Å². The van der Waals surface area contributed by atoms with Gasteiger partial charge in [0.25, 0.3) is 0 Å². The summed E-state index contributed by atoms with van der Waals surface area (Å²) in [5.74, 6) is 0.523. The van der Waals surface area contributed by atoms with Crippen LogP contribution in [0.2, 0.25) is 0 Å². The normalized spacial score (nSPS) is 22.2. The molecule has 1 aliphatic rings. The van der Waals surface area contributed by atoms with Crippen LogP contribution in [-0.4, -0.2) is 34.3 Å². The highest BCUT2D eigenvalue weighted by atomic mass is 16.6. The summed E-state index contributed by atoms with van der Waals surface area (Å²) in [5.41, 5.74) is 0.826. The second-order valence-electron chi connectivity index (χ2n) is 6.22. The van der Waals surface area contributed by atoms with Gasteiger partial charge < -0.3 is 10.6 Å². The van der Waals surface area contributed by atoms with Crippen LogP contribution < -0.4 is 10.6 Å². The largest absolute Gasteiger partial charge is 0.364 e. The standard InChI is InChI=1S/C14H25N5O2/c1-4-6-11-12(19(20)21)13(18(3)17-11)16-10-14(2)7-5-8-15-9-14/h15-16H,4-10H2,1-3H3. The third-order valence-electron chi connectivity index (χ3n) is 4.13. The summed E-state index contributed by atoms with van der Waals surface area (Å²) in [7, 11) is 1.76. The number of hydrogen-bond acceptors (Lipinski definition) is 5. The zero-order chi connectivity index (χ0) is 15.5. The van der Waals surface area contributed by atoms with E-state index in [1.54, 1.807) is 11.7 Å². The molecule has 118 valence electrons. The molecule has 1 aliphatic heterocycles. The summed E-state index contributed by atoms with van der Waals surface area (Å²) < 4.78 is 1.60. The Hall–Kier alpha value is -1.63. The van der Waals surface area contributed by atoms with Crippen molar-refractivity contribution in [1.82, 2.24) is 15.1 Å². The molecule has 7 heteroatoms. The molecule has 2 N–H and O–H groups in total. The second-order valence-corrected chi connectivity index (χ2v) is 6.22.